The van der Waals surface area contributed by atoms with Gasteiger partial charge in [-0.2, -0.15) is 0 Å². The highest BCUT2D eigenvalue weighted by Crippen LogP contribution is 2.14. The van der Waals surface area contributed by atoms with Crippen LogP contribution in [0, 0.1) is 5.92 Å². The maximum Gasteiger partial charge on any atom is 0.243 e. The molecule has 0 aromatic carbocycles. The lowest BCUT2D eigenvalue weighted by Gasteiger charge is -2.11. The zero-order chi connectivity index (χ0) is 22.4. The van der Waals surface area contributed by atoms with Gasteiger partial charge in [0.05, 0.1) is 13.1 Å². The second kappa shape index (κ2) is 21.1. The van der Waals surface area contributed by atoms with E-state index in [1.807, 2.05) is 0 Å². The van der Waals surface area contributed by atoms with Crippen molar-refractivity contribution in [2.75, 3.05) is 0 Å². The molecule has 0 bridgehead atoms. The Bertz CT molecular complexity index is 479. The van der Waals surface area contributed by atoms with Crippen molar-refractivity contribution in [1.82, 2.24) is 4.57 Å². The van der Waals surface area contributed by atoms with Crippen LogP contribution in [0.25, 0.3) is 0 Å². The molecule has 1 aromatic rings. The molecular formula is C29H57N2+. The topological polar surface area (TPSA) is 8.81 Å². The summed E-state index contributed by atoms with van der Waals surface area (Å²) in [6.45, 7) is 9.33. The van der Waals surface area contributed by atoms with Crippen LogP contribution in [0.3, 0.4) is 0 Å². The van der Waals surface area contributed by atoms with E-state index in [0.717, 1.165) is 5.92 Å². The number of imidazole rings is 1. The Morgan fingerprint density at radius 3 is 1.58 bits per heavy atom. The van der Waals surface area contributed by atoms with Gasteiger partial charge in [-0.15, -0.1) is 0 Å². The molecule has 0 saturated carbocycles. The quantitative estimate of drug-likeness (QED) is 0.120. The zero-order valence-electron chi connectivity index (χ0n) is 21.8. The van der Waals surface area contributed by atoms with Crippen molar-refractivity contribution in [3.63, 3.8) is 0 Å². The molecule has 0 amide bonds. The van der Waals surface area contributed by atoms with Gasteiger partial charge < -0.3 is 0 Å². The van der Waals surface area contributed by atoms with Crippen LogP contribution in [-0.2, 0) is 13.1 Å². The van der Waals surface area contributed by atoms with E-state index in [4.69, 9.17) is 0 Å². The minimum atomic E-state index is 0.844. The average molecular weight is 434 g/mol. The van der Waals surface area contributed by atoms with Crippen LogP contribution >= 0.6 is 0 Å². The molecule has 0 radical (unpaired) electrons. The summed E-state index contributed by atoms with van der Waals surface area (Å²) < 4.78 is 4.81. The summed E-state index contributed by atoms with van der Waals surface area (Å²) in [6.07, 6.45) is 35.3. The van der Waals surface area contributed by atoms with E-state index >= 15 is 0 Å². The van der Waals surface area contributed by atoms with E-state index in [0.29, 0.717) is 0 Å². The smallest absolute Gasteiger partial charge is 0.237 e. The Balaban J connectivity index is 1.89. The summed E-state index contributed by atoms with van der Waals surface area (Å²) in [5, 5.41) is 0. The highest BCUT2D eigenvalue weighted by atomic mass is 15.1. The zero-order valence-corrected chi connectivity index (χ0v) is 21.8. The molecule has 31 heavy (non-hydrogen) atoms. The van der Waals surface area contributed by atoms with E-state index in [1.165, 1.54) is 142 Å². The summed E-state index contributed by atoms with van der Waals surface area (Å²) in [5.74, 6) is 0.844. The van der Waals surface area contributed by atoms with Gasteiger partial charge in [0, 0.05) is 0 Å². The van der Waals surface area contributed by atoms with E-state index in [2.05, 4.69) is 48.6 Å². The Morgan fingerprint density at radius 1 is 0.613 bits per heavy atom. The van der Waals surface area contributed by atoms with Crippen molar-refractivity contribution in [3.8, 4) is 0 Å². The van der Waals surface area contributed by atoms with Crippen molar-refractivity contribution in [3.05, 3.63) is 18.7 Å². The van der Waals surface area contributed by atoms with Gasteiger partial charge in [0.1, 0.15) is 12.4 Å². The first kappa shape index (κ1) is 28.2. The largest absolute Gasteiger partial charge is 0.243 e. The third kappa shape index (κ3) is 16.5. The van der Waals surface area contributed by atoms with Gasteiger partial charge >= 0.3 is 0 Å². The molecule has 0 spiro atoms. The van der Waals surface area contributed by atoms with Crippen LogP contribution in [0.5, 0.6) is 0 Å². The minimum absolute atomic E-state index is 0.844. The average Bonchev–Trinajstić information content (AvgIpc) is 3.23. The lowest BCUT2D eigenvalue weighted by Crippen LogP contribution is -2.35. The van der Waals surface area contributed by atoms with Gasteiger partial charge in [-0.05, 0) is 31.6 Å². The SMILES string of the molecule is CCCCCCCCCCCCCCCCCCn1cc[n+](CC(CC)CCCC)c1. The minimum Gasteiger partial charge on any atom is -0.237 e. The predicted octanol–water partition coefficient (Wildman–Crippen LogP) is 9.25. The first-order chi connectivity index (χ1) is 15.3. The Hall–Kier alpha value is -0.790. The summed E-state index contributed by atoms with van der Waals surface area (Å²) in [4.78, 5) is 0. The Morgan fingerprint density at radius 2 is 1.10 bits per heavy atom. The van der Waals surface area contributed by atoms with E-state index in [9.17, 15) is 0 Å². The lowest BCUT2D eigenvalue weighted by atomic mass is 9.99. The van der Waals surface area contributed by atoms with Gasteiger partial charge in [0.25, 0.3) is 0 Å². The fourth-order valence-electron chi connectivity index (χ4n) is 4.74. The van der Waals surface area contributed by atoms with Crippen LogP contribution in [0.2, 0.25) is 0 Å². The lowest BCUT2D eigenvalue weighted by molar-refractivity contribution is -0.703. The third-order valence-corrected chi connectivity index (χ3v) is 7.03. The number of aryl methyl sites for hydroxylation is 1. The molecule has 0 N–H and O–H groups in total. The maximum atomic E-state index is 2.41. The molecule has 1 unspecified atom stereocenters. The summed E-state index contributed by atoms with van der Waals surface area (Å²) >= 11 is 0. The van der Waals surface area contributed by atoms with Crippen LogP contribution in [0.4, 0.5) is 0 Å². The summed E-state index contributed by atoms with van der Waals surface area (Å²) in [6, 6.07) is 0. The van der Waals surface area contributed by atoms with E-state index < -0.39 is 0 Å². The van der Waals surface area contributed by atoms with Crippen LogP contribution in [0.15, 0.2) is 18.7 Å². The highest BCUT2D eigenvalue weighted by Gasteiger charge is 2.11. The van der Waals surface area contributed by atoms with Gasteiger partial charge in [-0.3, -0.25) is 0 Å². The molecule has 1 rings (SSSR count). The fourth-order valence-corrected chi connectivity index (χ4v) is 4.74. The molecule has 0 fully saturated rings. The number of hydrogen-bond donors (Lipinski definition) is 0. The summed E-state index contributed by atoms with van der Waals surface area (Å²) in [5.41, 5.74) is 0. The fraction of sp³-hybridized carbons (Fsp3) is 0.897. The van der Waals surface area contributed by atoms with Crippen molar-refractivity contribution in [2.24, 2.45) is 5.92 Å². The molecule has 0 aliphatic rings. The standard InChI is InChI=1S/C29H57N2/c1-4-7-9-10-11-12-13-14-15-16-17-18-19-20-21-22-24-30-25-26-31(28-30)27-29(6-3)23-8-5-2/h25-26,28-29H,4-24,27H2,1-3H3/q+1. The van der Waals surface area contributed by atoms with Gasteiger partial charge in [-0.1, -0.05) is 124 Å². The van der Waals surface area contributed by atoms with Crippen molar-refractivity contribution in [2.45, 2.75) is 162 Å². The number of hydrogen-bond acceptors (Lipinski definition) is 0. The molecular weight excluding hydrogens is 376 g/mol. The van der Waals surface area contributed by atoms with Crippen molar-refractivity contribution < 1.29 is 4.57 Å². The Labute approximate surface area is 196 Å². The van der Waals surface area contributed by atoms with Crippen LogP contribution in [0.1, 0.15) is 149 Å². The molecule has 2 heteroatoms. The van der Waals surface area contributed by atoms with Gasteiger partial charge in [0.15, 0.2) is 0 Å². The first-order valence-corrected chi connectivity index (χ1v) is 14.3. The molecule has 1 aromatic heterocycles. The molecule has 0 saturated heterocycles. The number of nitrogens with zero attached hydrogens (tertiary/aromatic N) is 2. The second-order valence-corrected chi connectivity index (χ2v) is 10.1. The van der Waals surface area contributed by atoms with Crippen LogP contribution < -0.4 is 4.57 Å². The van der Waals surface area contributed by atoms with Crippen molar-refractivity contribution >= 4 is 0 Å². The van der Waals surface area contributed by atoms with Crippen LogP contribution in [-0.4, -0.2) is 4.57 Å². The number of aromatic nitrogens is 2. The van der Waals surface area contributed by atoms with E-state index in [1.54, 1.807) is 0 Å². The first-order valence-electron chi connectivity index (χ1n) is 14.3. The number of rotatable bonds is 23. The molecule has 2 nitrogen and oxygen atoms in total. The number of unbranched alkanes of at least 4 members (excludes halogenated alkanes) is 16. The maximum absolute atomic E-state index is 2.41. The Kier molecular flexibility index (Phi) is 19.2. The molecule has 1 heterocycles. The monoisotopic (exact) mass is 433 g/mol. The normalized spacial score (nSPS) is 12.5. The van der Waals surface area contributed by atoms with Gasteiger partial charge in [0.2, 0.25) is 6.33 Å². The summed E-state index contributed by atoms with van der Waals surface area (Å²) in [7, 11) is 0. The third-order valence-electron chi connectivity index (χ3n) is 7.03. The molecule has 1 atom stereocenters. The van der Waals surface area contributed by atoms with Crippen molar-refractivity contribution in [1.29, 1.82) is 0 Å². The van der Waals surface area contributed by atoms with Gasteiger partial charge in [-0.25, -0.2) is 9.13 Å². The second-order valence-electron chi connectivity index (χ2n) is 10.1. The molecule has 0 aliphatic carbocycles. The molecule has 0 aliphatic heterocycles. The highest BCUT2D eigenvalue weighted by molar-refractivity contribution is 4.67. The van der Waals surface area contributed by atoms with E-state index in [-0.39, 0.29) is 0 Å². The predicted molar refractivity (Wildman–Crippen MR) is 137 cm³/mol. The molecule has 182 valence electrons.